The molecule has 0 radical (unpaired) electrons. The van der Waals surface area contributed by atoms with Gasteiger partial charge in [-0.25, -0.2) is 0 Å². The molecule has 0 unspecified atom stereocenters. The van der Waals surface area contributed by atoms with Crippen LogP contribution in [0.1, 0.15) is 11.1 Å². The minimum atomic E-state index is -4.45. The van der Waals surface area contributed by atoms with Crippen molar-refractivity contribution in [3.63, 3.8) is 0 Å². The van der Waals surface area contributed by atoms with E-state index in [0.29, 0.717) is 11.3 Å². The number of anilines is 1. The third-order valence-corrected chi connectivity index (χ3v) is 4.67. The van der Waals surface area contributed by atoms with Gasteiger partial charge in [0.15, 0.2) is 0 Å². The highest BCUT2D eigenvalue weighted by Crippen LogP contribution is 2.30. The maximum absolute atomic E-state index is 12.7. The van der Waals surface area contributed by atoms with Crippen LogP contribution in [0.4, 0.5) is 18.9 Å². The minimum Gasteiger partial charge on any atom is -0.342 e. The van der Waals surface area contributed by atoms with Crippen molar-refractivity contribution in [2.75, 3.05) is 5.32 Å². The van der Waals surface area contributed by atoms with Crippen molar-refractivity contribution in [3.8, 4) is 0 Å². The molecule has 3 rings (SSSR count). The smallest absolute Gasteiger partial charge is 0.342 e. The van der Waals surface area contributed by atoms with Crippen molar-refractivity contribution in [2.45, 2.75) is 17.5 Å². The van der Waals surface area contributed by atoms with Crippen molar-refractivity contribution in [3.05, 3.63) is 59.7 Å². The summed E-state index contributed by atoms with van der Waals surface area (Å²) in [7, 11) is -3.85. The minimum absolute atomic E-state index is 0.0442. The summed E-state index contributed by atoms with van der Waals surface area (Å²) in [4.78, 5) is 0.0489. The highest BCUT2D eigenvalue weighted by Gasteiger charge is 2.30. The maximum atomic E-state index is 12.7. The number of sulfonamides is 1. The van der Waals surface area contributed by atoms with E-state index in [0.717, 1.165) is 12.1 Å². The number of alkyl halides is 3. The molecule has 8 heteroatoms. The topological polar surface area (TPSA) is 58.5 Å². The predicted molar refractivity (Wildman–Crippen MR) is 79.8 cm³/mol. The van der Waals surface area contributed by atoms with Gasteiger partial charge < -0.3 is 5.32 Å². The Hall–Kier alpha value is -2.35. The Morgan fingerprint density at radius 2 is 1.78 bits per heavy atom. The lowest BCUT2D eigenvalue weighted by Crippen LogP contribution is -2.23. The zero-order chi connectivity index (χ0) is 16.7. The fourth-order valence-corrected chi connectivity index (χ4v) is 3.44. The van der Waals surface area contributed by atoms with Gasteiger partial charge in [0.2, 0.25) is 0 Å². The molecule has 2 aromatic carbocycles. The summed E-state index contributed by atoms with van der Waals surface area (Å²) >= 11 is 0. The van der Waals surface area contributed by atoms with Crippen LogP contribution >= 0.6 is 0 Å². The van der Waals surface area contributed by atoms with Gasteiger partial charge in [0.05, 0.1) is 11.3 Å². The van der Waals surface area contributed by atoms with Gasteiger partial charge >= 0.3 is 6.18 Å². The molecule has 0 spiro atoms. The van der Waals surface area contributed by atoms with Gasteiger partial charge in [0, 0.05) is 6.42 Å². The van der Waals surface area contributed by atoms with E-state index in [1.165, 1.54) is 18.2 Å². The largest absolute Gasteiger partial charge is 0.416 e. The fourth-order valence-electron chi connectivity index (χ4n) is 2.29. The van der Waals surface area contributed by atoms with Crippen molar-refractivity contribution in [1.29, 1.82) is 0 Å². The van der Waals surface area contributed by atoms with Gasteiger partial charge in [-0.3, -0.25) is 0 Å². The molecule has 120 valence electrons. The van der Waals surface area contributed by atoms with Crippen LogP contribution in [-0.4, -0.2) is 14.3 Å². The lowest BCUT2D eigenvalue weighted by Gasteiger charge is -2.18. The molecule has 0 aliphatic carbocycles. The van der Waals surface area contributed by atoms with Crippen molar-refractivity contribution in [2.24, 2.45) is 4.40 Å². The van der Waals surface area contributed by atoms with Gasteiger partial charge in [-0.2, -0.15) is 21.6 Å². The molecule has 2 aromatic rings. The molecule has 0 atom stereocenters. The highest BCUT2D eigenvalue weighted by atomic mass is 32.2. The molecule has 1 N–H and O–H groups in total. The standard InChI is InChI=1S/C15H11F3N2O2S/c16-15(17,18)11-5-3-4-10(8-11)9-14-19-12-6-1-2-7-13(12)23(21,22)20-14/h1-8H,9H2,(H,19,20). The third kappa shape index (κ3) is 3.21. The number of rotatable bonds is 2. The molecule has 1 aliphatic heterocycles. The van der Waals surface area contributed by atoms with Crippen LogP contribution in [-0.2, 0) is 22.6 Å². The van der Waals surface area contributed by atoms with E-state index >= 15 is 0 Å². The molecule has 0 fully saturated rings. The lowest BCUT2D eigenvalue weighted by molar-refractivity contribution is -0.137. The van der Waals surface area contributed by atoms with E-state index in [9.17, 15) is 21.6 Å². The van der Waals surface area contributed by atoms with Crippen LogP contribution < -0.4 is 5.32 Å². The molecule has 4 nitrogen and oxygen atoms in total. The first kappa shape index (κ1) is 15.5. The first-order chi connectivity index (χ1) is 10.8. The second-order valence-electron chi connectivity index (χ2n) is 5.01. The van der Waals surface area contributed by atoms with Gasteiger partial charge in [0.1, 0.15) is 10.7 Å². The summed E-state index contributed by atoms with van der Waals surface area (Å²) in [5.41, 5.74) is -0.0974. The van der Waals surface area contributed by atoms with Gasteiger partial charge in [-0.05, 0) is 23.8 Å². The van der Waals surface area contributed by atoms with E-state index in [2.05, 4.69) is 9.71 Å². The van der Waals surface area contributed by atoms with Crippen molar-refractivity contribution >= 4 is 21.5 Å². The summed E-state index contributed by atoms with van der Waals surface area (Å²) in [6, 6.07) is 11.0. The van der Waals surface area contributed by atoms with Crippen molar-refractivity contribution < 1.29 is 21.6 Å². The number of nitrogens with one attached hydrogen (secondary N) is 1. The Morgan fingerprint density at radius 3 is 2.52 bits per heavy atom. The van der Waals surface area contributed by atoms with E-state index < -0.39 is 21.8 Å². The number of benzene rings is 2. The quantitative estimate of drug-likeness (QED) is 0.911. The Bertz CT molecular complexity index is 890. The van der Waals surface area contributed by atoms with E-state index in [-0.39, 0.29) is 17.2 Å². The zero-order valence-electron chi connectivity index (χ0n) is 11.6. The first-order valence-electron chi connectivity index (χ1n) is 6.62. The number of fused-ring (bicyclic) bond motifs is 1. The van der Waals surface area contributed by atoms with Crippen LogP contribution in [0.2, 0.25) is 0 Å². The first-order valence-corrected chi connectivity index (χ1v) is 8.06. The molecular weight excluding hydrogens is 329 g/mol. The molecule has 1 heterocycles. The summed E-state index contributed by atoms with van der Waals surface area (Å²) in [5.74, 6) is 0.0861. The second-order valence-corrected chi connectivity index (χ2v) is 6.58. The molecular formula is C15H11F3N2O2S. The number of amidine groups is 1. The highest BCUT2D eigenvalue weighted by molar-refractivity contribution is 7.90. The number of hydrogen-bond donors (Lipinski definition) is 1. The monoisotopic (exact) mass is 340 g/mol. The summed E-state index contributed by atoms with van der Waals surface area (Å²) in [6.07, 6.45) is -4.49. The normalized spacial score (nSPS) is 16.2. The Kier molecular flexibility index (Phi) is 3.63. The number of nitrogens with zero attached hydrogens (tertiary/aromatic N) is 1. The average Bonchev–Trinajstić information content (AvgIpc) is 2.46. The van der Waals surface area contributed by atoms with Crippen LogP contribution in [0.15, 0.2) is 57.8 Å². The summed E-state index contributed by atoms with van der Waals surface area (Å²) < 4.78 is 66.0. The Balaban J connectivity index is 1.92. The molecule has 0 bridgehead atoms. The van der Waals surface area contributed by atoms with Crippen LogP contribution in [0.25, 0.3) is 0 Å². The van der Waals surface area contributed by atoms with Crippen LogP contribution in [0.5, 0.6) is 0 Å². The van der Waals surface area contributed by atoms with Gasteiger partial charge in [-0.15, -0.1) is 4.40 Å². The maximum Gasteiger partial charge on any atom is 0.416 e. The zero-order valence-corrected chi connectivity index (χ0v) is 12.4. The van der Waals surface area contributed by atoms with Gasteiger partial charge in [-0.1, -0.05) is 30.3 Å². The third-order valence-electron chi connectivity index (χ3n) is 3.30. The van der Waals surface area contributed by atoms with Crippen molar-refractivity contribution in [1.82, 2.24) is 0 Å². The average molecular weight is 340 g/mol. The number of hydrogen-bond acceptors (Lipinski definition) is 3. The molecule has 23 heavy (non-hydrogen) atoms. The molecule has 0 aromatic heterocycles. The molecule has 1 aliphatic rings. The van der Waals surface area contributed by atoms with Crippen LogP contribution in [0.3, 0.4) is 0 Å². The van der Waals surface area contributed by atoms with Crippen LogP contribution in [0, 0.1) is 0 Å². The number of para-hydroxylation sites is 1. The van der Waals surface area contributed by atoms with E-state index in [4.69, 9.17) is 0 Å². The second kappa shape index (κ2) is 5.38. The Morgan fingerprint density at radius 1 is 1.04 bits per heavy atom. The molecule has 0 amide bonds. The lowest BCUT2D eigenvalue weighted by atomic mass is 10.1. The fraction of sp³-hybridized carbons (Fsp3) is 0.133. The SMILES string of the molecule is O=S1(=O)N=C(Cc2cccc(C(F)(F)F)c2)Nc2ccccc21. The summed E-state index contributed by atoms with van der Waals surface area (Å²) in [6.45, 7) is 0. The molecule has 0 saturated carbocycles. The van der Waals surface area contributed by atoms with E-state index in [1.54, 1.807) is 18.2 Å². The van der Waals surface area contributed by atoms with E-state index in [1.807, 2.05) is 0 Å². The Labute approximate surface area is 130 Å². The predicted octanol–water partition coefficient (Wildman–Crippen LogP) is 3.46. The van der Waals surface area contributed by atoms with Gasteiger partial charge in [0.25, 0.3) is 10.0 Å². The number of halogens is 3. The summed E-state index contributed by atoms with van der Waals surface area (Å²) in [5, 5.41) is 2.85. The molecule has 0 saturated heterocycles.